The molecule has 0 saturated heterocycles. The van der Waals surface area contributed by atoms with E-state index >= 15 is 0 Å². The quantitative estimate of drug-likeness (QED) is 0.846. The van der Waals surface area contributed by atoms with Crippen molar-refractivity contribution in [1.82, 2.24) is 14.7 Å². The summed E-state index contributed by atoms with van der Waals surface area (Å²) in [6.07, 6.45) is 1.41. The number of hydrogen-bond donors (Lipinski definition) is 2. The van der Waals surface area contributed by atoms with Gasteiger partial charge in [-0.25, -0.2) is 4.79 Å². The lowest BCUT2D eigenvalue weighted by Gasteiger charge is -2.30. The van der Waals surface area contributed by atoms with Gasteiger partial charge in [-0.15, -0.1) is 0 Å². The highest BCUT2D eigenvalue weighted by molar-refractivity contribution is 5.88. The number of carbonyl (C=O) groups is 1. The van der Waals surface area contributed by atoms with Crippen LogP contribution >= 0.6 is 0 Å². The molecule has 1 aromatic rings. The third kappa shape index (κ3) is 5.75. The zero-order valence-corrected chi connectivity index (χ0v) is 13.8. The number of carbonyl (C=O) groups excluding carboxylic acids is 1. The van der Waals surface area contributed by atoms with Gasteiger partial charge in [0.15, 0.2) is 0 Å². The fourth-order valence-corrected chi connectivity index (χ4v) is 2.09. The Morgan fingerprint density at radius 1 is 1.48 bits per heavy atom. The van der Waals surface area contributed by atoms with Gasteiger partial charge in [0.25, 0.3) is 0 Å². The number of hydrogen-bond acceptors (Lipinski definition) is 3. The van der Waals surface area contributed by atoms with E-state index in [9.17, 15) is 4.79 Å². The zero-order chi connectivity index (χ0) is 16.0. The summed E-state index contributed by atoms with van der Waals surface area (Å²) < 4.78 is 1.68. The largest absolute Gasteiger partial charge is 0.396 e. The van der Waals surface area contributed by atoms with Crippen molar-refractivity contribution in [3.63, 3.8) is 0 Å². The number of aliphatic hydroxyl groups excluding tert-OH is 1. The van der Waals surface area contributed by atoms with Crippen LogP contribution in [0.2, 0.25) is 0 Å². The van der Waals surface area contributed by atoms with E-state index < -0.39 is 0 Å². The van der Waals surface area contributed by atoms with E-state index in [2.05, 4.69) is 31.2 Å². The average molecular weight is 296 g/mol. The van der Waals surface area contributed by atoms with Crippen LogP contribution in [-0.2, 0) is 13.5 Å². The van der Waals surface area contributed by atoms with E-state index in [1.54, 1.807) is 9.58 Å². The van der Waals surface area contributed by atoms with Gasteiger partial charge in [0, 0.05) is 32.8 Å². The van der Waals surface area contributed by atoms with Crippen LogP contribution in [0.25, 0.3) is 0 Å². The molecular formula is C15H28N4O2. The van der Waals surface area contributed by atoms with Crippen molar-refractivity contribution in [2.75, 3.05) is 25.0 Å². The molecule has 0 aliphatic heterocycles. The highest BCUT2D eigenvalue weighted by atomic mass is 16.3. The predicted molar refractivity (Wildman–Crippen MR) is 84.3 cm³/mol. The number of amides is 2. The highest BCUT2D eigenvalue weighted by Gasteiger charge is 2.21. The van der Waals surface area contributed by atoms with Crippen LogP contribution in [0.3, 0.4) is 0 Å². The van der Waals surface area contributed by atoms with Crippen molar-refractivity contribution in [1.29, 1.82) is 0 Å². The molecule has 1 aromatic heterocycles. The van der Waals surface area contributed by atoms with Crippen LogP contribution < -0.4 is 5.32 Å². The number of nitrogens with one attached hydrogen (secondary N) is 1. The minimum atomic E-state index is -0.149. The zero-order valence-electron chi connectivity index (χ0n) is 13.8. The van der Waals surface area contributed by atoms with Crippen LogP contribution in [-0.4, -0.2) is 45.5 Å². The first-order chi connectivity index (χ1) is 9.76. The van der Waals surface area contributed by atoms with Gasteiger partial charge >= 0.3 is 6.03 Å². The molecule has 1 rings (SSSR count). The molecule has 0 fully saturated rings. The molecule has 2 amide bonds. The summed E-state index contributed by atoms with van der Waals surface area (Å²) >= 11 is 0. The van der Waals surface area contributed by atoms with E-state index in [0.717, 1.165) is 12.1 Å². The number of aromatic nitrogens is 2. The topological polar surface area (TPSA) is 70.4 Å². The number of aliphatic hydroxyl groups is 1. The molecule has 21 heavy (non-hydrogen) atoms. The molecule has 0 radical (unpaired) electrons. The summed E-state index contributed by atoms with van der Waals surface area (Å²) in [5.41, 5.74) is 0.957. The second-order valence-corrected chi connectivity index (χ2v) is 6.49. The Labute approximate surface area is 127 Å². The van der Waals surface area contributed by atoms with Gasteiger partial charge in [0.1, 0.15) is 5.82 Å². The van der Waals surface area contributed by atoms with Crippen LogP contribution in [0, 0.1) is 5.41 Å². The van der Waals surface area contributed by atoms with Gasteiger partial charge in [0.05, 0.1) is 5.69 Å². The summed E-state index contributed by atoms with van der Waals surface area (Å²) in [6.45, 7) is 9.55. The monoisotopic (exact) mass is 296 g/mol. The molecule has 0 aromatic carbocycles. The Kier molecular flexibility index (Phi) is 6.20. The lowest BCUT2D eigenvalue weighted by Crippen LogP contribution is -2.41. The molecule has 0 aliphatic rings. The van der Waals surface area contributed by atoms with E-state index in [0.29, 0.717) is 25.3 Å². The second-order valence-electron chi connectivity index (χ2n) is 6.49. The number of rotatable bonds is 6. The minimum Gasteiger partial charge on any atom is -0.396 e. The first-order valence-corrected chi connectivity index (χ1v) is 7.46. The van der Waals surface area contributed by atoms with Gasteiger partial charge in [-0.2, -0.15) is 5.10 Å². The molecule has 0 atom stereocenters. The van der Waals surface area contributed by atoms with Crippen LogP contribution in [0.1, 0.15) is 39.8 Å². The third-order valence-electron chi connectivity index (χ3n) is 3.07. The lowest BCUT2D eigenvalue weighted by atomic mass is 9.96. The fourth-order valence-electron chi connectivity index (χ4n) is 2.09. The fraction of sp³-hybridized carbons (Fsp3) is 0.733. The standard InChI is InChI=1S/C15H28N4O2/c1-6-12-10-13(18(5)17-12)16-14(21)19(8-7-9-20)11-15(2,3)4/h10,20H,6-9,11H2,1-5H3,(H,16,21). The Bertz CT molecular complexity index is 463. The Morgan fingerprint density at radius 2 is 2.14 bits per heavy atom. The van der Waals surface area contributed by atoms with Gasteiger partial charge in [-0.05, 0) is 18.3 Å². The molecule has 1 heterocycles. The molecular weight excluding hydrogens is 268 g/mol. The maximum Gasteiger partial charge on any atom is 0.323 e. The van der Waals surface area contributed by atoms with E-state index in [-0.39, 0.29) is 18.1 Å². The number of nitrogens with zero attached hydrogens (tertiary/aromatic N) is 3. The molecule has 6 heteroatoms. The summed E-state index contributed by atoms with van der Waals surface area (Å²) in [6, 6.07) is 1.74. The summed E-state index contributed by atoms with van der Waals surface area (Å²) in [4.78, 5) is 14.2. The number of urea groups is 1. The molecule has 0 bridgehead atoms. The normalized spacial score (nSPS) is 11.5. The Balaban J connectivity index is 2.77. The average Bonchev–Trinajstić information content (AvgIpc) is 2.74. The van der Waals surface area contributed by atoms with Crippen molar-refractivity contribution >= 4 is 11.8 Å². The molecule has 0 unspecified atom stereocenters. The Hall–Kier alpha value is -1.56. The maximum absolute atomic E-state index is 12.4. The first kappa shape index (κ1) is 17.5. The Morgan fingerprint density at radius 3 is 2.62 bits per heavy atom. The van der Waals surface area contributed by atoms with Crippen molar-refractivity contribution in [2.24, 2.45) is 12.5 Å². The third-order valence-corrected chi connectivity index (χ3v) is 3.07. The smallest absolute Gasteiger partial charge is 0.323 e. The molecule has 6 nitrogen and oxygen atoms in total. The molecule has 0 aliphatic carbocycles. The molecule has 120 valence electrons. The van der Waals surface area contributed by atoms with Crippen molar-refractivity contribution in [3.05, 3.63) is 11.8 Å². The molecule has 0 saturated carbocycles. The molecule has 2 N–H and O–H groups in total. The predicted octanol–water partition coefficient (Wildman–Crippen LogP) is 2.24. The first-order valence-electron chi connectivity index (χ1n) is 7.46. The van der Waals surface area contributed by atoms with Gasteiger partial charge < -0.3 is 10.0 Å². The highest BCUT2D eigenvalue weighted by Crippen LogP contribution is 2.17. The van der Waals surface area contributed by atoms with Crippen LogP contribution in [0.5, 0.6) is 0 Å². The maximum atomic E-state index is 12.4. The summed E-state index contributed by atoms with van der Waals surface area (Å²) in [5, 5.41) is 16.2. The molecule has 0 spiro atoms. The SMILES string of the molecule is CCc1cc(NC(=O)N(CCCO)CC(C)(C)C)n(C)n1. The second kappa shape index (κ2) is 7.45. The van der Waals surface area contributed by atoms with Gasteiger partial charge in [0.2, 0.25) is 0 Å². The minimum absolute atomic E-state index is 0.00777. The van der Waals surface area contributed by atoms with Crippen molar-refractivity contribution in [3.8, 4) is 0 Å². The van der Waals surface area contributed by atoms with Crippen molar-refractivity contribution < 1.29 is 9.90 Å². The van der Waals surface area contributed by atoms with Gasteiger partial charge in [-0.3, -0.25) is 10.00 Å². The lowest BCUT2D eigenvalue weighted by molar-refractivity contribution is 0.175. The number of aryl methyl sites for hydroxylation is 2. The van der Waals surface area contributed by atoms with Crippen molar-refractivity contribution in [2.45, 2.75) is 40.5 Å². The summed E-state index contributed by atoms with van der Waals surface area (Å²) in [5.74, 6) is 0.694. The van der Waals surface area contributed by atoms with E-state index in [1.165, 1.54) is 0 Å². The van der Waals surface area contributed by atoms with E-state index in [1.807, 2.05) is 20.0 Å². The van der Waals surface area contributed by atoms with Gasteiger partial charge in [-0.1, -0.05) is 27.7 Å². The summed E-state index contributed by atoms with van der Waals surface area (Å²) in [7, 11) is 1.82. The van der Waals surface area contributed by atoms with Crippen LogP contribution in [0.15, 0.2) is 6.07 Å². The van der Waals surface area contributed by atoms with Crippen LogP contribution in [0.4, 0.5) is 10.6 Å². The van der Waals surface area contributed by atoms with E-state index in [4.69, 9.17) is 5.11 Å². The number of anilines is 1.